The number of rotatable bonds is 2. The van der Waals surface area contributed by atoms with Gasteiger partial charge in [-0.2, -0.15) is 4.31 Å². The molecular weight excluding hydrogens is 332 g/mol. The number of sulfonamides is 1. The Balaban J connectivity index is 0.00000156. The van der Waals surface area contributed by atoms with Gasteiger partial charge in [-0.3, -0.25) is 0 Å². The molecule has 0 amide bonds. The third kappa shape index (κ3) is 3.16. The van der Waals surface area contributed by atoms with E-state index < -0.39 is 10.0 Å². The Morgan fingerprint density at radius 2 is 1.87 bits per heavy atom. The van der Waals surface area contributed by atoms with E-state index in [-0.39, 0.29) is 12.4 Å². The van der Waals surface area contributed by atoms with Crippen molar-refractivity contribution in [2.45, 2.75) is 49.5 Å². The van der Waals surface area contributed by atoms with E-state index >= 15 is 0 Å². The monoisotopic (exact) mass is 356 g/mol. The van der Waals surface area contributed by atoms with E-state index in [1.54, 1.807) is 4.31 Å². The van der Waals surface area contributed by atoms with Crippen LogP contribution in [-0.4, -0.2) is 38.4 Å². The zero-order chi connectivity index (χ0) is 15.2. The van der Waals surface area contributed by atoms with Gasteiger partial charge in [-0.05, 0) is 74.2 Å². The molecule has 0 aromatic heterocycles. The van der Waals surface area contributed by atoms with E-state index in [9.17, 15) is 8.42 Å². The highest BCUT2D eigenvalue weighted by molar-refractivity contribution is 7.89. The molecule has 128 valence electrons. The largest absolute Gasteiger partial charge is 0.314 e. The van der Waals surface area contributed by atoms with Crippen molar-refractivity contribution < 1.29 is 8.42 Å². The lowest BCUT2D eigenvalue weighted by Gasteiger charge is -2.34. The number of piperidine rings is 1. The van der Waals surface area contributed by atoms with Gasteiger partial charge in [0.1, 0.15) is 0 Å². The lowest BCUT2D eigenvalue weighted by Crippen LogP contribution is -2.46. The van der Waals surface area contributed by atoms with E-state index in [0.717, 1.165) is 32.2 Å². The summed E-state index contributed by atoms with van der Waals surface area (Å²) in [6.45, 7) is 2.35. The van der Waals surface area contributed by atoms with Crippen molar-refractivity contribution in [3.05, 3.63) is 29.3 Å². The molecule has 2 fully saturated rings. The van der Waals surface area contributed by atoms with E-state index in [1.165, 1.54) is 24.0 Å². The SMILES string of the molecule is Cl.O=S(=O)(c1ccc2c(c1)CCCC2)N1CCC2NCCC2C1. The Bertz CT molecular complexity index is 677. The van der Waals surface area contributed by atoms with Gasteiger partial charge >= 0.3 is 0 Å². The highest BCUT2D eigenvalue weighted by Gasteiger charge is 2.37. The van der Waals surface area contributed by atoms with E-state index in [2.05, 4.69) is 5.32 Å². The van der Waals surface area contributed by atoms with E-state index in [0.29, 0.717) is 29.9 Å². The van der Waals surface area contributed by atoms with Gasteiger partial charge in [-0.1, -0.05) is 6.07 Å². The minimum Gasteiger partial charge on any atom is -0.314 e. The van der Waals surface area contributed by atoms with Crippen molar-refractivity contribution in [2.24, 2.45) is 5.92 Å². The molecule has 3 aliphatic rings. The highest BCUT2D eigenvalue weighted by Crippen LogP contribution is 2.30. The lowest BCUT2D eigenvalue weighted by atomic mass is 9.92. The molecule has 4 nitrogen and oxygen atoms in total. The molecule has 2 heterocycles. The molecule has 1 aromatic rings. The molecule has 0 bridgehead atoms. The second kappa shape index (κ2) is 6.71. The summed E-state index contributed by atoms with van der Waals surface area (Å²) in [5.74, 6) is 0.487. The molecule has 1 aromatic carbocycles. The molecule has 6 heteroatoms. The maximum absolute atomic E-state index is 13.0. The maximum atomic E-state index is 13.0. The average Bonchev–Trinajstić information content (AvgIpc) is 3.02. The average molecular weight is 357 g/mol. The predicted octanol–water partition coefficient (Wildman–Crippen LogP) is 2.36. The molecule has 23 heavy (non-hydrogen) atoms. The van der Waals surface area contributed by atoms with Crippen molar-refractivity contribution >= 4 is 22.4 Å². The van der Waals surface area contributed by atoms with E-state index in [4.69, 9.17) is 0 Å². The molecule has 2 unspecified atom stereocenters. The topological polar surface area (TPSA) is 49.4 Å². The number of hydrogen-bond donors (Lipinski definition) is 1. The van der Waals surface area contributed by atoms with Crippen LogP contribution in [0.3, 0.4) is 0 Å². The van der Waals surface area contributed by atoms with Gasteiger partial charge in [0.15, 0.2) is 0 Å². The summed E-state index contributed by atoms with van der Waals surface area (Å²) in [5.41, 5.74) is 2.58. The Morgan fingerprint density at radius 1 is 1.09 bits per heavy atom. The van der Waals surface area contributed by atoms with Crippen LogP contribution < -0.4 is 5.32 Å². The smallest absolute Gasteiger partial charge is 0.243 e. The minimum atomic E-state index is -3.33. The fourth-order valence-electron chi connectivity index (χ4n) is 4.25. The molecule has 0 saturated carbocycles. The fourth-order valence-corrected chi connectivity index (χ4v) is 5.81. The first kappa shape index (κ1) is 17.2. The number of nitrogens with zero attached hydrogens (tertiary/aromatic N) is 1. The first-order valence-corrected chi connectivity index (χ1v) is 9.94. The standard InChI is InChI=1S/C17H24N2O2S.ClH/c20-22(21,19-10-8-17-15(12-19)7-9-18-17)16-6-5-13-3-1-2-4-14(13)11-16;/h5-6,11,15,17-18H,1-4,7-10,12H2;1H. The number of benzene rings is 1. The zero-order valence-corrected chi connectivity index (χ0v) is 15.0. The third-order valence-corrected chi connectivity index (χ3v) is 7.44. The normalized spacial score (nSPS) is 27.8. The number of hydrogen-bond acceptors (Lipinski definition) is 3. The summed E-state index contributed by atoms with van der Waals surface area (Å²) in [5, 5.41) is 3.49. The fraction of sp³-hybridized carbons (Fsp3) is 0.647. The van der Waals surface area contributed by atoms with Crippen LogP contribution in [0.4, 0.5) is 0 Å². The van der Waals surface area contributed by atoms with Gasteiger partial charge in [0, 0.05) is 19.1 Å². The van der Waals surface area contributed by atoms with Crippen LogP contribution in [0.1, 0.15) is 36.8 Å². The molecule has 0 spiro atoms. The molecule has 2 atom stereocenters. The van der Waals surface area contributed by atoms with E-state index in [1.807, 2.05) is 18.2 Å². The molecule has 2 saturated heterocycles. The van der Waals surface area contributed by atoms with Crippen molar-refractivity contribution in [3.63, 3.8) is 0 Å². The van der Waals surface area contributed by atoms with Crippen LogP contribution in [0, 0.1) is 5.92 Å². The van der Waals surface area contributed by atoms with Crippen LogP contribution in [0.2, 0.25) is 0 Å². The first-order valence-electron chi connectivity index (χ1n) is 8.50. The Hall–Kier alpha value is -0.620. The van der Waals surface area contributed by atoms with Gasteiger partial charge in [-0.25, -0.2) is 8.42 Å². The van der Waals surface area contributed by atoms with Crippen LogP contribution in [0.25, 0.3) is 0 Å². The number of nitrogens with one attached hydrogen (secondary N) is 1. The van der Waals surface area contributed by atoms with Crippen LogP contribution in [0.5, 0.6) is 0 Å². The molecule has 2 aliphatic heterocycles. The van der Waals surface area contributed by atoms with Gasteiger partial charge in [-0.15, -0.1) is 12.4 Å². The van der Waals surface area contributed by atoms with Crippen molar-refractivity contribution in [1.82, 2.24) is 9.62 Å². The molecule has 4 rings (SSSR count). The highest BCUT2D eigenvalue weighted by atomic mass is 35.5. The number of fused-ring (bicyclic) bond motifs is 2. The van der Waals surface area contributed by atoms with Crippen molar-refractivity contribution in [2.75, 3.05) is 19.6 Å². The third-order valence-electron chi connectivity index (χ3n) is 5.58. The zero-order valence-electron chi connectivity index (χ0n) is 13.3. The molecule has 1 N–H and O–H groups in total. The second-order valence-electron chi connectivity index (χ2n) is 6.90. The molecular formula is C17H25ClN2O2S. The van der Waals surface area contributed by atoms with Gasteiger partial charge < -0.3 is 5.32 Å². The summed E-state index contributed by atoms with van der Waals surface area (Å²) in [7, 11) is -3.33. The number of aryl methyl sites for hydroxylation is 2. The first-order chi connectivity index (χ1) is 10.6. The Labute approximate surface area is 145 Å². The molecule has 1 aliphatic carbocycles. The van der Waals surface area contributed by atoms with Gasteiger partial charge in [0.05, 0.1) is 4.90 Å². The van der Waals surface area contributed by atoms with Crippen molar-refractivity contribution in [1.29, 1.82) is 0 Å². The van der Waals surface area contributed by atoms with Crippen LogP contribution >= 0.6 is 12.4 Å². The lowest BCUT2D eigenvalue weighted by molar-refractivity contribution is 0.247. The van der Waals surface area contributed by atoms with Crippen LogP contribution in [-0.2, 0) is 22.9 Å². The summed E-state index contributed by atoms with van der Waals surface area (Å²) in [6, 6.07) is 6.31. The summed E-state index contributed by atoms with van der Waals surface area (Å²) >= 11 is 0. The second-order valence-corrected chi connectivity index (χ2v) is 8.84. The summed E-state index contributed by atoms with van der Waals surface area (Å²) in [6.07, 6.45) is 6.55. The Kier molecular flexibility index (Phi) is 5.02. The quantitative estimate of drug-likeness (QED) is 0.885. The number of halogens is 1. The predicted molar refractivity (Wildman–Crippen MR) is 93.6 cm³/mol. The van der Waals surface area contributed by atoms with Crippen LogP contribution in [0.15, 0.2) is 23.1 Å². The summed E-state index contributed by atoms with van der Waals surface area (Å²) < 4.78 is 27.6. The Morgan fingerprint density at radius 3 is 2.70 bits per heavy atom. The van der Waals surface area contributed by atoms with Crippen molar-refractivity contribution in [3.8, 4) is 0 Å². The minimum absolute atomic E-state index is 0. The maximum Gasteiger partial charge on any atom is 0.243 e. The van der Waals surface area contributed by atoms with Gasteiger partial charge in [0.2, 0.25) is 10.0 Å². The summed E-state index contributed by atoms with van der Waals surface area (Å²) in [4.78, 5) is 0.498. The van der Waals surface area contributed by atoms with Gasteiger partial charge in [0.25, 0.3) is 0 Å². The molecule has 0 radical (unpaired) electrons.